The van der Waals surface area contributed by atoms with Crippen molar-refractivity contribution in [2.24, 2.45) is 11.7 Å². The Labute approximate surface area is 122 Å². The van der Waals surface area contributed by atoms with Gasteiger partial charge >= 0.3 is 6.09 Å². The summed E-state index contributed by atoms with van der Waals surface area (Å²) in [6.45, 7) is 9.74. The van der Waals surface area contributed by atoms with E-state index < -0.39 is 5.60 Å². The van der Waals surface area contributed by atoms with E-state index in [1.54, 1.807) is 0 Å². The van der Waals surface area contributed by atoms with Crippen LogP contribution >= 0.6 is 0 Å². The lowest BCUT2D eigenvalue weighted by atomic mass is 9.68. The second-order valence-electron chi connectivity index (χ2n) is 6.81. The SMILES string of the molecule is CCCCOCC1CC(CN)(NC(=O)OC(C)(C)C)C1. The van der Waals surface area contributed by atoms with Crippen molar-refractivity contribution in [2.45, 2.75) is 64.5 Å². The van der Waals surface area contributed by atoms with Crippen LogP contribution in [-0.4, -0.2) is 37.0 Å². The van der Waals surface area contributed by atoms with Crippen molar-refractivity contribution >= 4 is 6.09 Å². The zero-order valence-corrected chi connectivity index (χ0v) is 13.3. The third kappa shape index (κ3) is 5.67. The van der Waals surface area contributed by atoms with Gasteiger partial charge in [0.2, 0.25) is 0 Å². The number of nitrogens with one attached hydrogen (secondary N) is 1. The second kappa shape index (κ2) is 7.27. The zero-order valence-electron chi connectivity index (χ0n) is 13.3. The molecule has 5 nitrogen and oxygen atoms in total. The second-order valence-corrected chi connectivity index (χ2v) is 6.81. The molecule has 1 saturated carbocycles. The molecule has 3 N–H and O–H groups in total. The highest BCUT2D eigenvalue weighted by molar-refractivity contribution is 5.69. The molecule has 0 aromatic heterocycles. The number of nitrogens with two attached hydrogens (primary N) is 1. The monoisotopic (exact) mass is 286 g/mol. The Balaban J connectivity index is 2.29. The quantitative estimate of drug-likeness (QED) is 0.705. The summed E-state index contributed by atoms with van der Waals surface area (Å²) in [5.41, 5.74) is 5.02. The number of hydrogen-bond acceptors (Lipinski definition) is 4. The molecule has 1 amide bonds. The van der Waals surface area contributed by atoms with Crippen molar-refractivity contribution < 1.29 is 14.3 Å². The van der Waals surface area contributed by atoms with E-state index in [9.17, 15) is 4.79 Å². The Bertz CT molecular complexity index is 307. The Hall–Kier alpha value is -0.810. The molecule has 0 radical (unpaired) electrons. The number of hydrogen-bond donors (Lipinski definition) is 2. The Kier molecular flexibility index (Phi) is 6.27. The van der Waals surface area contributed by atoms with Crippen molar-refractivity contribution in [3.05, 3.63) is 0 Å². The van der Waals surface area contributed by atoms with Crippen LogP contribution in [0.3, 0.4) is 0 Å². The van der Waals surface area contributed by atoms with Crippen LogP contribution in [0.2, 0.25) is 0 Å². The summed E-state index contributed by atoms with van der Waals surface area (Å²) in [4.78, 5) is 11.8. The van der Waals surface area contributed by atoms with Gasteiger partial charge in [-0.05, 0) is 46.0 Å². The molecule has 0 aromatic carbocycles. The molecule has 5 heteroatoms. The fraction of sp³-hybridized carbons (Fsp3) is 0.933. The van der Waals surface area contributed by atoms with Gasteiger partial charge in [0, 0.05) is 19.8 Å². The van der Waals surface area contributed by atoms with Gasteiger partial charge in [-0.3, -0.25) is 0 Å². The normalized spacial score (nSPS) is 25.9. The van der Waals surface area contributed by atoms with Gasteiger partial charge in [0.1, 0.15) is 5.60 Å². The standard InChI is InChI=1S/C15H30N2O3/c1-5-6-7-19-10-12-8-15(9-12,11-16)17-13(18)20-14(2,3)4/h12H,5-11,16H2,1-4H3,(H,17,18). The minimum absolute atomic E-state index is 0.304. The van der Waals surface area contributed by atoms with E-state index in [4.69, 9.17) is 15.2 Å². The molecule has 1 aliphatic carbocycles. The first-order chi connectivity index (χ1) is 9.30. The number of rotatable bonds is 7. The maximum Gasteiger partial charge on any atom is 0.408 e. The number of carbonyl (C=O) groups excluding carboxylic acids is 1. The first kappa shape index (κ1) is 17.2. The Morgan fingerprint density at radius 1 is 1.40 bits per heavy atom. The first-order valence-electron chi connectivity index (χ1n) is 7.59. The topological polar surface area (TPSA) is 73.6 Å². The minimum Gasteiger partial charge on any atom is -0.444 e. The summed E-state index contributed by atoms with van der Waals surface area (Å²) in [6.07, 6.45) is 3.61. The lowest BCUT2D eigenvalue weighted by Gasteiger charge is -2.47. The summed E-state index contributed by atoms with van der Waals surface area (Å²) in [6, 6.07) is 0. The van der Waals surface area contributed by atoms with Crippen molar-refractivity contribution in [1.29, 1.82) is 0 Å². The fourth-order valence-electron chi connectivity index (χ4n) is 2.50. The van der Waals surface area contributed by atoms with Gasteiger partial charge in [-0.15, -0.1) is 0 Å². The highest BCUT2D eigenvalue weighted by Crippen LogP contribution is 2.37. The molecule has 0 aliphatic heterocycles. The van der Waals surface area contributed by atoms with Crippen LogP contribution in [0.15, 0.2) is 0 Å². The predicted molar refractivity (Wildman–Crippen MR) is 79.6 cm³/mol. The fourth-order valence-corrected chi connectivity index (χ4v) is 2.50. The maximum atomic E-state index is 11.8. The molecule has 1 aliphatic rings. The van der Waals surface area contributed by atoms with Gasteiger partial charge in [0.05, 0.1) is 5.54 Å². The molecule has 0 spiro atoms. The van der Waals surface area contributed by atoms with Crippen molar-refractivity contribution in [3.8, 4) is 0 Å². The minimum atomic E-state index is -0.480. The summed E-state index contributed by atoms with van der Waals surface area (Å²) in [7, 11) is 0. The van der Waals surface area contributed by atoms with Crippen LogP contribution in [0.25, 0.3) is 0 Å². The summed E-state index contributed by atoms with van der Waals surface area (Å²) in [5, 5.41) is 2.93. The molecule has 0 unspecified atom stereocenters. The molecule has 0 heterocycles. The van der Waals surface area contributed by atoms with Crippen molar-refractivity contribution in [3.63, 3.8) is 0 Å². The summed E-state index contributed by atoms with van der Waals surface area (Å²) < 4.78 is 10.9. The van der Waals surface area contributed by atoms with Gasteiger partial charge in [-0.2, -0.15) is 0 Å². The van der Waals surface area contributed by atoms with Crippen LogP contribution in [0.4, 0.5) is 4.79 Å². The van der Waals surface area contributed by atoms with E-state index in [0.717, 1.165) is 38.9 Å². The first-order valence-corrected chi connectivity index (χ1v) is 7.59. The number of unbranched alkanes of at least 4 members (excludes halogenated alkanes) is 1. The molecule has 1 rings (SSSR count). The molecule has 0 saturated heterocycles. The molecule has 20 heavy (non-hydrogen) atoms. The van der Waals surface area contributed by atoms with Crippen molar-refractivity contribution in [2.75, 3.05) is 19.8 Å². The third-order valence-corrected chi connectivity index (χ3v) is 3.51. The number of carbonyl (C=O) groups is 1. The van der Waals surface area contributed by atoms with Crippen LogP contribution in [0.1, 0.15) is 53.4 Å². The number of alkyl carbamates (subject to hydrolysis) is 1. The molecule has 1 fully saturated rings. The van der Waals surface area contributed by atoms with Gasteiger partial charge in [0.15, 0.2) is 0 Å². The van der Waals surface area contributed by atoms with Gasteiger partial charge in [0.25, 0.3) is 0 Å². The highest BCUT2D eigenvalue weighted by atomic mass is 16.6. The Morgan fingerprint density at radius 3 is 2.55 bits per heavy atom. The van der Waals surface area contributed by atoms with Crippen LogP contribution in [-0.2, 0) is 9.47 Å². The maximum absolute atomic E-state index is 11.8. The zero-order chi connectivity index (χ0) is 15.2. The largest absolute Gasteiger partial charge is 0.444 e. The average molecular weight is 286 g/mol. The van der Waals surface area contributed by atoms with Crippen LogP contribution < -0.4 is 11.1 Å². The Morgan fingerprint density at radius 2 is 2.05 bits per heavy atom. The van der Waals surface area contributed by atoms with E-state index in [1.165, 1.54) is 0 Å². The molecular weight excluding hydrogens is 256 g/mol. The van der Waals surface area contributed by atoms with E-state index in [-0.39, 0.29) is 11.6 Å². The molecule has 0 aromatic rings. The lowest BCUT2D eigenvalue weighted by molar-refractivity contribution is 0.00307. The number of ether oxygens (including phenoxy) is 2. The predicted octanol–water partition coefficient (Wildman–Crippen LogP) is 2.44. The van der Waals surface area contributed by atoms with Crippen molar-refractivity contribution in [1.82, 2.24) is 5.32 Å². The van der Waals surface area contributed by atoms with Gasteiger partial charge in [-0.25, -0.2) is 4.79 Å². The molecule has 0 atom stereocenters. The number of amides is 1. The molecule has 118 valence electrons. The van der Waals surface area contributed by atoms with Crippen LogP contribution in [0.5, 0.6) is 0 Å². The smallest absolute Gasteiger partial charge is 0.408 e. The third-order valence-electron chi connectivity index (χ3n) is 3.51. The van der Waals surface area contributed by atoms with E-state index in [0.29, 0.717) is 12.5 Å². The summed E-state index contributed by atoms with van der Waals surface area (Å²) in [5.74, 6) is 0.491. The molecule has 0 bridgehead atoms. The lowest BCUT2D eigenvalue weighted by Crippen LogP contribution is -2.62. The highest BCUT2D eigenvalue weighted by Gasteiger charge is 2.45. The van der Waals surface area contributed by atoms with E-state index >= 15 is 0 Å². The van der Waals surface area contributed by atoms with Crippen LogP contribution in [0, 0.1) is 5.92 Å². The van der Waals surface area contributed by atoms with E-state index in [1.807, 2.05) is 20.8 Å². The van der Waals surface area contributed by atoms with E-state index in [2.05, 4.69) is 12.2 Å². The summed E-state index contributed by atoms with van der Waals surface area (Å²) >= 11 is 0. The molecular formula is C15H30N2O3. The van der Waals surface area contributed by atoms with Gasteiger partial charge in [-0.1, -0.05) is 13.3 Å². The average Bonchev–Trinajstić information content (AvgIpc) is 2.28. The van der Waals surface area contributed by atoms with Gasteiger partial charge < -0.3 is 20.5 Å².